The third kappa shape index (κ3) is 4.05. The van der Waals surface area contributed by atoms with Gasteiger partial charge < -0.3 is 4.74 Å². The Hall–Kier alpha value is -0.900. The van der Waals surface area contributed by atoms with Gasteiger partial charge in [-0.3, -0.25) is 0 Å². The Morgan fingerprint density at radius 2 is 1.80 bits per heavy atom. The highest BCUT2D eigenvalue weighted by Gasteiger charge is 2.10. The van der Waals surface area contributed by atoms with E-state index in [1.807, 2.05) is 0 Å². The molecule has 0 spiro atoms. The molecule has 5 heteroatoms. The van der Waals surface area contributed by atoms with Gasteiger partial charge in [0.15, 0.2) is 0 Å². The number of thiol groups is 1. The minimum Gasteiger partial charge on any atom is -0.489 e. The predicted molar refractivity (Wildman–Crippen MR) is 84.8 cm³/mol. The number of rotatable bonds is 5. The monoisotopic (exact) mass is 330 g/mol. The molecule has 0 saturated carbocycles. The van der Waals surface area contributed by atoms with Gasteiger partial charge in [-0.1, -0.05) is 35.3 Å². The lowest BCUT2D eigenvalue weighted by Gasteiger charge is -2.13. The van der Waals surface area contributed by atoms with Gasteiger partial charge in [-0.25, -0.2) is 4.39 Å². The van der Waals surface area contributed by atoms with Gasteiger partial charge in [0, 0.05) is 15.6 Å². The Labute approximate surface area is 133 Å². The van der Waals surface area contributed by atoms with Crippen LogP contribution in [0, 0.1) is 5.82 Å². The molecular formula is C15H13Cl2FOS. The summed E-state index contributed by atoms with van der Waals surface area (Å²) >= 11 is 16.4. The summed E-state index contributed by atoms with van der Waals surface area (Å²) < 4.78 is 18.6. The molecule has 0 aliphatic rings. The molecule has 1 nitrogen and oxygen atoms in total. The van der Waals surface area contributed by atoms with Crippen molar-refractivity contribution in [3.63, 3.8) is 0 Å². The third-order valence-electron chi connectivity index (χ3n) is 2.79. The highest BCUT2D eigenvalue weighted by molar-refractivity contribution is 7.80. The van der Waals surface area contributed by atoms with E-state index in [1.165, 1.54) is 12.1 Å². The number of hydrogen-bond donors (Lipinski definition) is 1. The van der Waals surface area contributed by atoms with E-state index in [2.05, 4.69) is 12.6 Å². The molecule has 0 amide bonds. The fourth-order valence-electron chi connectivity index (χ4n) is 1.80. The Kier molecular flexibility index (Phi) is 5.58. The summed E-state index contributed by atoms with van der Waals surface area (Å²) in [6.07, 6.45) is 0.692. The van der Waals surface area contributed by atoms with Crippen molar-refractivity contribution in [1.82, 2.24) is 0 Å². The van der Waals surface area contributed by atoms with E-state index in [0.717, 1.165) is 11.1 Å². The molecule has 0 atom stereocenters. The molecule has 0 N–H and O–H groups in total. The van der Waals surface area contributed by atoms with Gasteiger partial charge in [-0.15, -0.1) is 0 Å². The van der Waals surface area contributed by atoms with Crippen LogP contribution in [0.4, 0.5) is 4.39 Å². The van der Waals surface area contributed by atoms with Crippen molar-refractivity contribution in [2.45, 2.75) is 13.0 Å². The summed E-state index contributed by atoms with van der Waals surface area (Å²) in [7, 11) is 0. The lowest BCUT2D eigenvalue weighted by atomic mass is 10.1. The average molecular weight is 331 g/mol. The van der Waals surface area contributed by atoms with E-state index in [1.54, 1.807) is 24.3 Å². The molecule has 106 valence electrons. The van der Waals surface area contributed by atoms with Crippen molar-refractivity contribution < 1.29 is 9.13 Å². The van der Waals surface area contributed by atoms with Crippen LogP contribution >= 0.6 is 35.8 Å². The fraction of sp³-hybridized carbons (Fsp3) is 0.200. The van der Waals surface area contributed by atoms with Gasteiger partial charge in [0.25, 0.3) is 0 Å². The van der Waals surface area contributed by atoms with E-state index in [0.29, 0.717) is 34.6 Å². The van der Waals surface area contributed by atoms with E-state index in [9.17, 15) is 4.39 Å². The molecule has 0 aliphatic heterocycles. The van der Waals surface area contributed by atoms with E-state index in [-0.39, 0.29) is 5.82 Å². The zero-order valence-corrected chi connectivity index (χ0v) is 13.0. The van der Waals surface area contributed by atoms with Crippen molar-refractivity contribution in [3.05, 3.63) is 63.4 Å². The van der Waals surface area contributed by atoms with Gasteiger partial charge in [-0.2, -0.15) is 12.6 Å². The first-order valence-electron chi connectivity index (χ1n) is 6.06. The van der Waals surface area contributed by atoms with Gasteiger partial charge >= 0.3 is 0 Å². The number of benzene rings is 2. The zero-order valence-electron chi connectivity index (χ0n) is 10.6. The van der Waals surface area contributed by atoms with Crippen LogP contribution in [0.15, 0.2) is 36.4 Å². The largest absolute Gasteiger partial charge is 0.489 e. The lowest BCUT2D eigenvalue weighted by molar-refractivity contribution is 0.303. The Balaban J connectivity index is 2.17. The zero-order chi connectivity index (χ0) is 14.5. The Bertz CT molecular complexity index is 587. The van der Waals surface area contributed by atoms with Crippen LogP contribution in [-0.2, 0) is 13.0 Å². The average Bonchev–Trinajstić information content (AvgIpc) is 2.41. The maximum absolute atomic E-state index is 12.8. The molecule has 0 unspecified atom stereocenters. The highest BCUT2D eigenvalue weighted by atomic mass is 35.5. The second-order valence-corrected chi connectivity index (χ2v) is 5.54. The summed E-state index contributed by atoms with van der Waals surface area (Å²) in [6.45, 7) is 0.330. The Morgan fingerprint density at radius 3 is 2.45 bits per heavy atom. The molecule has 2 rings (SSSR count). The molecule has 0 bridgehead atoms. The topological polar surface area (TPSA) is 9.23 Å². The second kappa shape index (κ2) is 7.21. The van der Waals surface area contributed by atoms with Crippen molar-refractivity contribution in [3.8, 4) is 5.75 Å². The maximum atomic E-state index is 12.8. The Morgan fingerprint density at radius 1 is 1.10 bits per heavy atom. The highest BCUT2D eigenvalue weighted by Crippen LogP contribution is 2.32. The molecule has 0 aromatic heterocycles. The maximum Gasteiger partial charge on any atom is 0.126 e. The summed E-state index contributed by atoms with van der Waals surface area (Å²) in [5.74, 6) is 1.03. The van der Waals surface area contributed by atoms with Crippen LogP contribution in [0.1, 0.15) is 11.1 Å². The summed E-state index contributed by atoms with van der Waals surface area (Å²) in [4.78, 5) is 0. The fourth-order valence-corrected chi connectivity index (χ4v) is 2.60. The van der Waals surface area contributed by atoms with Crippen molar-refractivity contribution >= 4 is 35.8 Å². The van der Waals surface area contributed by atoms with E-state index < -0.39 is 0 Å². The van der Waals surface area contributed by atoms with E-state index >= 15 is 0 Å². The third-order valence-corrected chi connectivity index (χ3v) is 3.57. The van der Waals surface area contributed by atoms with Crippen LogP contribution in [0.3, 0.4) is 0 Å². The molecule has 0 heterocycles. The number of hydrogen-bond acceptors (Lipinski definition) is 2. The molecule has 2 aromatic rings. The molecule has 0 radical (unpaired) electrons. The van der Waals surface area contributed by atoms with Crippen LogP contribution in [-0.4, -0.2) is 5.75 Å². The van der Waals surface area contributed by atoms with Crippen molar-refractivity contribution in [2.24, 2.45) is 0 Å². The van der Waals surface area contributed by atoms with Gasteiger partial charge in [0.2, 0.25) is 0 Å². The molecular weight excluding hydrogens is 318 g/mol. The summed E-state index contributed by atoms with van der Waals surface area (Å²) in [6, 6.07) is 9.58. The van der Waals surface area contributed by atoms with Crippen LogP contribution in [0.5, 0.6) is 5.75 Å². The first kappa shape index (κ1) is 15.5. The SMILES string of the molecule is Fc1ccc(COc2cc(Cl)cc(Cl)c2CCS)cc1. The van der Waals surface area contributed by atoms with Crippen molar-refractivity contribution in [2.75, 3.05) is 5.75 Å². The van der Waals surface area contributed by atoms with Crippen LogP contribution < -0.4 is 4.74 Å². The molecule has 20 heavy (non-hydrogen) atoms. The summed E-state index contributed by atoms with van der Waals surface area (Å²) in [5, 5.41) is 1.09. The second-order valence-electron chi connectivity index (χ2n) is 4.25. The van der Waals surface area contributed by atoms with Crippen molar-refractivity contribution in [1.29, 1.82) is 0 Å². The molecule has 0 saturated heterocycles. The molecule has 0 fully saturated rings. The van der Waals surface area contributed by atoms with Crippen LogP contribution in [0.2, 0.25) is 10.0 Å². The number of ether oxygens (including phenoxy) is 1. The first-order chi connectivity index (χ1) is 9.60. The minimum atomic E-state index is -0.268. The minimum absolute atomic E-state index is 0.268. The van der Waals surface area contributed by atoms with Gasteiger partial charge in [-0.05, 0) is 42.0 Å². The summed E-state index contributed by atoms with van der Waals surface area (Å²) in [5.41, 5.74) is 1.76. The number of halogens is 3. The molecule has 0 aliphatic carbocycles. The van der Waals surface area contributed by atoms with Gasteiger partial charge in [0.05, 0.1) is 0 Å². The molecule has 2 aromatic carbocycles. The standard InChI is InChI=1S/C15H13Cl2FOS/c16-11-7-14(17)13(5-6-20)15(8-11)19-9-10-1-3-12(18)4-2-10/h1-4,7-8,20H,5-6,9H2. The normalized spacial score (nSPS) is 10.6. The smallest absolute Gasteiger partial charge is 0.126 e. The lowest BCUT2D eigenvalue weighted by Crippen LogP contribution is -2.00. The quantitative estimate of drug-likeness (QED) is 0.743. The van der Waals surface area contributed by atoms with Crippen LogP contribution in [0.25, 0.3) is 0 Å². The first-order valence-corrected chi connectivity index (χ1v) is 7.45. The van der Waals surface area contributed by atoms with E-state index in [4.69, 9.17) is 27.9 Å². The predicted octanol–water partition coefficient (Wildman–Crippen LogP) is 5.18. The van der Waals surface area contributed by atoms with Gasteiger partial charge in [0.1, 0.15) is 18.2 Å².